The summed E-state index contributed by atoms with van der Waals surface area (Å²) < 4.78 is 1.05. The first-order valence-electron chi connectivity index (χ1n) is 5.84. The summed E-state index contributed by atoms with van der Waals surface area (Å²) in [4.78, 5) is 9.44. The van der Waals surface area contributed by atoms with Gasteiger partial charge in [0.05, 0.1) is 11.0 Å². The summed E-state index contributed by atoms with van der Waals surface area (Å²) in [6.07, 6.45) is 2.03. The van der Waals surface area contributed by atoms with E-state index in [2.05, 4.69) is 33.0 Å². The zero-order chi connectivity index (χ0) is 13.2. The molecule has 0 N–H and O–H groups in total. The van der Waals surface area contributed by atoms with Gasteiger partial charge in [0.25, 0.3) is 0 Å². The molecule has 0 unspecified atom stereocenters. The lowest BCUT2D eigenvalue weighted by molar-refractivity contribution is 1.13. The van der Waals surface area contributed by atoms with Crippen molar-refractivity contribution in [1.82, 2.24) is 9.97 Å². The molecule has 19 heavy (non-hydrogen) atoms. The second-order valence-corrected chi connectivity index (χ2v) is 5.79. The van der Waals surface area contributed by atoms with Crippen LogP contribution in [0.15, 0.2) is 58.0 Å². The van der Waals surface area contributed by atoms with Crippen LogP contribution in [-0.2, 0) is 0 Å². The first-order chi connectivity index (χ1) is 9.28. The number of fused-ring (bicyclic) bond motifs is 1. The first-order valence-corrected chi connectivity index (χ1v) is 7.86. The van der Waals surface area contributed by atoms with Gasteiger partial charge in [-0.15, -0.1) is 11.8 Å². The predicted octanol–water partition coefficient (Wildman–Crippen LogP) is 4.78. The maximum atomic E-state index is 4.75. The van der Waals surface area contributed by atoms with Gasteiger partial charge in [-0.25, -0.2) is 9.97 Å². The average molecular weight is 331 g/mol. The van der Waals surface area contributed by atoms with Crippen molar-refractivity contribution >= 4 is 38.7 Å². The standard InChI is InChI=1S/C15H11BrN2S/c1-19-15-14(10-5-4-6-11(16)9-10)17-12-7-2-3-8-13(12)18-15/h2-9H,1H3. The van der Waals surface area contributed by atoms with Gasteiger partial charge < -0.3 is 0 Å². The summed E-state index contributed by atoms with van der Waals surface area (Å²) in [5.41, 5.74) is 3.88. The molecule has 0 amide bonds. The minimum atomic E-state index is 0.926. The maximum Gasteiger partial charge on any atom is 0.123 e. The van der Waals surface area contributed by atoms with Gasteiger partial charge >= 0.3 is 0 Å². The molecule has 3 aromatic rings. The predicted molar refractivity (Wildman–Crippen MR) is 84.5 cm³/mol. The molecule has 0 atom stereocenters. The van der Waals surface area contributed by atoms with Gasteiger partial charge in [-0.3, -0.25) is 0 Å². The molecule has 0 aliphatic rings. The molecular weight excluding hydrogens is 320 g/mol. The van der Waals surface area contributed by atoms with Crippen LogP contribution in [-0.4, -0.2) is 16.2 Å². The molecular formula is C15H11BrN2S. The van der Waals surface area contributed by atoms with Gasteiger partial charge in [-0.05, 0) is 30.5 Å². The highest BCUT2D eigenvalue weighted by atomic mass is 79.9. The van der Waals surface area contributed by atoms with E-state index in [4.69, 9.17) is 4.98 Å². The van der Waals surface area contributed by atoms with Crippen LogP contribution < -0.4 is 0 Å². The number of rotatable bonds is 2. The van der Waals surface area contributed by atoms with Gasteiger partial charge in [0.15, 0.2) is 0 Å². The van der Waals surface area contributed by atoms with Gasteiger partial charge in [0.2, 0.25) is 0 Å². The topological polar surface area (TPSA) is 25.8 Å². The van der Waals surface area contributed by atoms with Crippen LogP contribution >= 0.6 is 27.7 Å². The van der Waals surface area contributed by atoms with Crippen LogP contribution in [0, 0.1) is 0 Å². The molecule has 4 heteroatoms. The fourth-order valence-corrected chi connectivity index (χ4v) is 2.90. The van der Waals surface area contributed by atoms with Crippen LogP contribution in [0.1, 0.15) is 0 Å². The minimum absolute atomic E-state index is 0.926. The molecule has 1 aromatic heterocycles. The van der Waals surface area contributed by atoms with Crippen LogP contribution in [0.4, 0.5) is 0 Å². The van der Waals surface area contributed by atoms with Crippen LogP contribution in [0.5, 0.6) is 0 Å². The van der Waals surface area contributed by atoms with Crippen molar-refractivity contribution in [3.63, 3.8) is 0 Å². The Morgan fingerprint density at radius 3 is 2.37 bits per heavy atom. The van der Waals surface area contributed by atoms with Crippen LogP contribution in [0.3, 0.4) is 0 Å². The summed E-state index contributed by atoms with van der Waals surface area (Å²) in [6.45, 7) is 0. The van der Waals surface area contributed by atoms with E-state index in [0.717, 1.165) is 31.8 Å². The van der Waals surface area contributed by atoms with Gasteiger partial charge in [0, 0.05) is 10.0 Å². The third-order valence-corrected chi connectivity index (χ3v) is 3.99. The normalized spacial score (nSPS) is 10.8. The summed E-state index contributed by atoms with van der Waals surface area (Å²) in [5, 5.41) is 0.955. The lowest BCUT2D eigenvalue weighted by Gasteiger charge is -2.08. The minimum Gasteiger partial charge on any atom is -0.243 e. The SMILES string of the molecule is CSc1nc2ccccc2nc1-c1cccc(Br)c1. The van der Waals surface area contributed by atoms with Crippen molar-refractivity contribution in [2.45, 2.75) is 5.03 Å². The lowest BCUT2D eigenvalue weighted by atomic mass is 10.1. The van der Waals surface area contributed by atoms with E-state index in [9.17, 15) is 0 Å². The highest BCUT2D eigenvalue weighted by molar-refractivity contribution is 9.10. The summed E-state index contributed by atoms with van der Waals surface area (Å²) >= 11 is 5.12. The number of nitrogens with zero attached hydrogens (tertiary/aromatic N) is 2. The molecule has 0 radical (unpaired) electrons. The van der Waals surface area contributed by atoms with Crippen molar-refractivity contribution in [3.8, 4) is 11.3 Å². The average Bonchev–Trinajstić information content (AvgIpc) is 2.46. The van der Waals surface area contributed by atoms with Crippen molar-refractivity contribution in [3.05, 3.63) is 53.0 Å². The van der Waals surface area contributed by atoms with E-state index < -0.39 is 0 Å². The molecule has 0 saturated carbocycles. The lowest BCUT2D eigenvalue weighted by Crippen LogP contribution is -1.93. The summed E-state index contributed by atoms with van der Waals surface area (Å²) in [7, 11) is 0. The van der Waals surface area contributed by atoms with Gasteiger partial charge in [0.1, 0.15) is 10.7 Å². The van der Waals surface area contributed by atoms with Gasteiger partial charge in [-0.1, -0.05) is 40.2 Å². The third kappa shape index (κ3) is 2.51. The Hall–Kier alpha value is -1.39. The zero-order valence-corrected chi connectivity index (χ0v) is 12.7. The van der Waals surface area contributed by atoms with E-state index in [-0.39, 0.29) is 0 Å². The van der Waals surface area contributed by atoms with E-state index in [0.29, 0.717) is 0 Å². The van der Waals surface area contributed by atoms with E-state index >= 15 is 0 Å². The number of aromatic nitrogens is 2. The number of benzene rings is 2. The smallest absolute Gasteiger partial charge is 0.123 e. The molecule has 3 rings (SSSR count). The van der Waals surface area contributed by atoms with Crippen molar-refractivity contribution in [1.29, 1.82) is 0 Å². The van der Waals surface area contributed by atoms with Crippen molar-refractivity contribution in [2.75, 3.05) is 6.26 Å². The highest BCUT2D eigenvalue weighted by Gasteiger charge is 2.10. The largest absolute Gasteiger partial charge is 0.243 e. The Balaban J connectivity index is 2.27. The van der Waals surface area contributed by atoms with E-state index in [1.165, 1.54) is 0 Å². The molecule has 0 aliphatic carbocycles. The van der Waals surface area contributed by atoms with E-state index in [1.807, 2.05) is 42.7 Å². The summed E-state index contributed by atoms with van der Waals surface area (Å²) in [6, 6.07) is 16.1. The number of halogens is 1. The molecule has 0 spiro atoms. The Labute approximate surface area is 124 Å². The first kappa shape index (κ1) is 12.6. The Bertz CT molecular complexity index is 743. The monoisotopic (exact) mass is 330 g/mol. The van der Waals surface area contributed by atoms with Gasteiger partial charge in [-0.2, -0.15) is 0 Å². The summed E-state index contributed by atoms with van der Waals surface area (Å²) in [5.74, 6) is 0. The Morgan fingerprint density at radius 2 is 1.68 bits per heavy atom. The van der Waals surface area contributed by atoms with Crippen molar-refractivity contribution in [2.24, 2.45) is 0 Å². The molecule has 2 aromatic carbocycles. The number of hydrogen-bond acceptors (Lipinski definition) is 3. The van der Waals surface area contributed by atoms with Crippen molar-refractivity contribution < 1.29 is 0 Å². The zero-order valence-electron chi connectivity index (χ0n) is 10.3. The van der Waals surface area contributed by atoms with Crippen LogP contribution in [0.2, 0.25) is 0 Å². The second kappa shape index (κ2) is 5.31. The molecule has 2 nitrogen and oxygen atoms in total. The quantitative estimate of drug-likeness (QED) is 0.632. The molecule has 0 aliphatic heterocycles. The Kier molecular flexibility index (Phi) is 3.53. The second-order valence-electron chi connectivity index (χ2n) is 4.08. The molecule has 1 heterocycles. The highest BCUT2D eigenvalue weighted by Crippen LogP contribution is 2.30. The molecule has 94 valence electrons. The fraction of sp³-hybridized carbons (Fsp3) is 0.0667. The number of para-hydroxylation sites is 2. The van der Waals surface area contributed by atoms with E-state index in [1.54, 1.807) is 11.8 Å². The fourth-order valence-electron chi connectivity index (χ4n) is 1.95. The Morgan fingerprint density at radius 1 is 0.947 bits per heavy atom. The maximum absolute atomic E-state index is 4.75. The number of hydrogen-bond donors (Lipinski definition) is 0. The number of thioether (sulfide) groups is 1. The molecule has 0 saturated heterocycles. The molecule has 0 bridgehead atoms. The third-order valence-electron chi connectivity index (χ3n) is 2.83. The molecule has 0 fully saturated rings. The van der Waals surface area contributed by atoms with Crippen LogP contribution in [0.25, 0.3) is 22.3 Å².